The van der Waals surface area contributed by atoms with Crippen molar-refractivity contribution in [2.24, 2.45) is 0 Å². The molecule has 3 N–H and O–H groups in total. The van der Waals surface area contributed by atoms with Crippen LogP contribution in [0, 0.1) is 0 Å². The Hall–Kier alpha value is -1.15. The summed E-state index contributed by atoms with van der Waals surface area (Å²) in [6.45, 7) is 0. The van der Waals surface area contributed by atoms with Crippen molar-refractivity contribution in [2.45, 2.75) is 6.10 Å². The maximum atomic E-state index is 9.96. The molecule has 1 unspecified atom stereocenters. The lowest BCUT2D eigenvalue weighted by atomic mass is 10.1. The second kappa shape index (κ2) is 3.80. The highest BCUT2D eigenvalue weighted by Gasteiger charge is 2.05. The van der Waals surface area contributed by atoms with Crippen LogP contribution in [0.25, 0.3) is 0 Å². The molecule has 0 aromatic rings. The first-order chi connectivity index (χ1) is 4.34. The Kier molecular flexibility index (Phi) is 3.36. The van der Waals surface area contributed by atoms with Gasteiger partial charge in [-0.25, -0.2) is 4.79 Å². The molecule has 1 atom stereocenters. The number of rotatable bonds is 0. The zero-order chi connectivity index (χ0) is 6.69. The van der Waals surface area contributed by atoms with Gasteiger partial charge in [-0.2, -0.15) is 0 Å². The van der Waals surface area contributed by atoms with Gasteiger partial charge in [-0.3, -0.25) is 0 Å². The van der Waals surface area contributed by atoms with Crippen LogP contribution >= 0.6 is 0 Å². The maximum Gasteiger partial charge on any atom is 0.131 e. The number of carbonyl (C=O) groups excluding carboxylic acids is 1. The van der Waals surface area contributed by atoms with Gasteiger partial charge in [-0.05, 0) is 6.08 Å². The molecule has 0 saturated heterocycles. The Labute approximate surface area is 58.3 Å². The number of aliphatic hydroxyl groups excluding tert-OH is 1. The molecule has 3 nitrogen and oxygen atoms in total. The molecule has 0 saturated carbocycles. The van der Waals surface area contributed by atoms with E-state index in [4.69, 9.17) is 5.11 Å². The Morgan fingerprint density at radius 1 is 1.50 bits per heavy atom. The largest absolute Gasteiger partial charge is 0.412 e. The van der Waals surface area contributed by atoms with Crippen molar-refractivity contribution < 1.29 is 15.4 Å². The van der Waals surface area contributed by atoms with E-state index in [2.05, 4.69) is 0 Å². The third-order valence-electron chi connectivity index (χ3n) is 1.12. The molecule has 0 aliphatic heterocycles. The van der Waals surface area contributed by atoms with Crippen LogP contribution in [-0.2, 0) is 4.79 Å². The van der Waals surface area contributed by atoms with Crippen LogP contribution in [0.1, 0.15) is 0 Å². The van der Waals surface area contributed by atoms with E-state index in [1.54, 1.807) is 18.1 Å². The van der Waals surface area contributed by atoms with Crippen molar-refractivity contribution in [3.05, 3.63) is 29.9 Å². The highest BCUT2D eigenvalue weighted by atomic mass is 16.3. The second-order valence-corrected chi connectivity index (χ2v) is 1.75. The summed E-state index contributed by atoms with van der Waals surface area (Å²) < 4.78 is 0. The fraction of sp³-hybridized carbons (Fsp3) is 0.143. The molecule has 0 spiro atoms. The normalized spacial score (nSPS) is 21.7. The summed E-state index contributed by atoms with van der Waals surface area (Å²) in [5.74, 6) is 1.63. The van der Waals surface area contributed by atoms with Crippen LogP contribution in [0.15, 0.2) is 29.9 Å². The van der Waals surface area contributed by atoms with Gasteiger partial charge < -0.3 is 10.6 Å². The molecule has 0 aromatic carbocycles. The van der Waals surface area contributed by atoms with Crippen LogP contribution in [-0.4, -0.2) is 22.6 Å². The van der Waals surface area contributed by atoms with Crippen molar-refractivity contribution >= 4 is 5.94 Å². The molecule has 0 fully saturated rings. The summed E-state index contributed by atoms with van der Waals surface area (Å²) in [5.41, 5.74) is 0.289. The number of allylic oxidation sites excluding steroid dienone is 2. The Morgan fingerprint density at radius 2 is 2.20 bits per heavy atom. The zero-order valence-electron chi connectivity index (χ0n) is 5.24. The lowest BCUT2D eigenvalue weighted by Gasteiger charge is -2.03. The molecule has 3 heteroatoms. The van der Waals surface area contributed by atoms with Gasteiger partial charge in [0.1, 0.15) is 12.0 Å². The minimum Gasteiger partial charge on any atom is -0.412 e. The molecular weight excluding hydrogens is 132 g/mol. The predicted molar refractivity (Wildman–Crippen MR) is 37.1 cm³/mol. The van der Waals surface area contributed by atoms with Gasteiger partial charge in [-0.1, -0.05) is 18.2 Å². The molecule has 0 aromatic heterocycles. The summed E-state index contributed by atoms with van der Waals surface area (Å²) in [5, 5.41) is 8.93. The van der Waals surface area contributed by atoms with Gasteiger partial charge >= 0.3 is 0 Å². The van der Waals surface area contributed by atoms with Gasteiger partial charge in [0.2, 0.25) is 0 Å². The molecule has 0 radical (unpaired) electrons. The number of aliphatic hydroxyl groups is 1. The first-order valence-corrected chi connectivity index (χ1v) is 2.62. The molecule has 0 amide bonds. The summed E-state index contributed by atoms with van der Waals surface area (Å²) in [6.07, 6.45) is 5.68. The van der Waals surface area contributed by atoms with Gasteiger partial charge in [0.15, 0.2) is 0 Å². The van der Waals surface area contributed by atoms with E-state index in [0.29, 0.717) is 0 Å². The van der Waals surface area contributed by atoms with E-state index in [1.807, 2.05) is 0 Å². The predicted octanol–water partition coefficient (Wildman–Crippen LogP) is -0.593. The fourth-order valence-corrected chi connectivity index (χ4v) is 0.625. The average molecular weight is 140 g/mol. The third kappa shape index (κ3) is 1.67. The lowest BCUT2D eigenvalue weighted by Crippen LogP contribution is -2.06. The van der Waals surface area contributed by atoms with E-state index < -0.39 is 6.10 Å². The maximum absolute atomic E-state index is 9.96. The van der Waals surface area contributed by atoms with Crippen molar-refractivity contribution in [3.63, 3.8) is 0 Å². The topological polar surface area (TPSA) is 68.8 Å². The van der Waals surface area contributed by atoms with E-state index in [-0.39, 0.29) is 11.0 Å². The molecule has 1 aliphatic rings. The van der Waals surface area contributed by atoms with Crippen molar-refractivity contribution in [1.29, 1.82) is 0 Å². The van der Waals surface area contributed by atoms with Crippen LogP contribution in [0.5, 0.6) is 0 Å². The monoisotopic (exact) mass is 140 g/mol. The Bertz CT molecular complexity index is 209. The first kappa shape index (κ1) is 8.85. The van der Waals surface area contributed by atoms with Gasteiger partial charge in [-0.15, -0.1) is 0 Å². The summed E-state index contributed by atoms with van der Waals surface area (Å²) in [7, 11) is 0. The van der Waals surface area contributed by atoms with Crippen LogP contribution in [0.3, 0.4) is 0 Å². The van der Waals surface area contributed by atoms with Gasteiger partial charge in [0.25, 0.3) is 0 Å². The SMILES string of the molecule is O.O=C=C1C=CC=CC1O. The number of hydrogen-bond donors (Lipinski definition) is 1. The van der Waals surface area contributed by atoms with Gasteiger partial charge in [0, 0.05) is 0 Å². The molecule has 0 heterocycles. The molecule has 10 heavy (non-hydrogen) atoms. The number of hydrogen-bond acceptors (Lipinski definition) is 2. The molecule has 0 bridgehead atoms. The lowest BCUT2D eigenvalue weighted by molar-refractivity contribution is 0.263. The van der Waals surface area contributed by atoms with Crippen molar-refractivity contribution in [3.8, 4) is 0 Å². The minimum atomic E-state index is -0.757. The standard InChI is InChI=1S/C7H6O2.H2O/c8-5-6-3-1-2-4-7(6)9;/h1-4,7,9H;1H2. The average Bonchev–Trinajstić information content (AvgIpc) is 1.89. The fourth-order valence-electron chi connectivity index (χ4n) is 0.625. The smallest absolute Gasteiger partial charge is 0.131 e. The van der Waals surface area contributed by atoms with E-state index in [1.165, 1.54) is 12.2 Å². The minimum absolute atomic E-state index is 0. The highest BCUT2D eigenvalue weighted by Crippen LogP contribution is 2.06. The third-order valence-corrected chi connectivity index (χ3v) is 1.12. The van der Waals surface area contributed by atoms with Crippen LogP contribution in [0.4, 0.5) is 0 Å². The molecule has 54 valence electrons. The van der Waals surface area contributed by atoms with E-state index in [9.17, 15) is 4.79 Å². The summed E-state index contributed by atoms with van der Waals surface area (Å²) in [6, 6.07) is 0. The summed E-state index contributed by atoms with van der Waals surface area (Å²) >= 11 is 0. The quantitative estimate of drug-likeness (QED) is 0.457. The molecular formula is C7H8O3. The van der Waals surface area contributed by atoms with Crippen LogP contribution < -0.4 is 0 Å². The summed E-state index contributed by atoms with van der Waals surface area (Å²) in [4.78, 5) is 9.96. The van der Waals surface area contributed by atoms with E-state index >= 15 is 0 Å². The van der Waals surface area contributed by atoms with Crippen molar-refractivity contribution in [2.75, 3.05) is 0 Å². The van der Waals surface area contributed by atoms with Gasteiger partial charge in [0.05, 0.1) is 5.57 Å². The first-order valence-electron chi connectivity index (χ1n) is 2.62. The Morgan fingerprint density at radius 3 is 2.60 bits per heavy atom. The van der Waals surface area contributed by atoms with Crippen molar-refractivity contribution in [1.82, 2.24) is 0 Å². The Balaban J connectivity index is 0.000000810. The second-order valence-electron chi connectivity index (χ2n) is 1.75. The van der Waals surface area contributed by atoms with E-state index in [0.717, 1.165) is 0 Å². The zero-order valence-corrected chi connectivity index (χ0v) is 5.24. The molecule has 1 aliphatic carbocycles. The molecule has 1 rings (SSSR count). The van der Waals surface area contributed by atoms with Crippen LogP contribution in [0.2, 0.25) is 0 Å². The highest BCUT2D eigenvalue weighted by molar-refractivity contribution is 5.61.